The quantitative estimate of drug-likeness (QED) is 0.529. The lowest BCUT2D eigenvalue weighted by Crippen LogP contribution is -2.59. The first-order valence-electron chi connectivity index (χ1n) is 12.1. The zero-order valence-electron chi connectivity index (χ0n) is 20.6. The Morgan fingerprint density at radius 2 is 1.69 bits per heavy atom. The van der Waals surface area contributed by atoms with Gasteiger partial charge < -0.3 is 14.7 Å². The van der Waals surface area contributed by atoms with Crippen LogP contribution in [0.15, 0.2) is 64.2 Å². The second-order valence-corrected chi connectivity index (χ2v) is 9.49. The Morgan fingerprint density at radius 3 is 2.36 bits per heavy atom. The summed E-state index contributed by atoms with van der Waals surface area (Å²) in [5.74, 6) is 0.382. The molecule has 0 saturated carbocycles. The summed E-state index contributed by atoms with van der Waals surface area (Å²) < 4.78 is 7.93. The summed E-state index contributed by atoms with van der Waals surface area (Å²) in [7, 11) is 4.56. The number of nitrogens with zero attached hydrogens (tertiary/aromatic N) is 4. The molecule has 5 rings (SSSR count). The molecular weight excluding hydrogens is 460 g/mol. The van der Waals surface area contributed by atoms with Crippen LogP contribution in [0.25, 0.3) is 0 Å². The first kappa shape index (κ1) is 23.9. The van der Waals surface area contributed by atoms with E-state index in [0.717, 1.165) is 22.1 Å². The van der Waals surface area contributed by atoms with E-state index in [-0.39, 0.29) is 35.2 Å². The van der Waals surface area contributed by atoms with E-state index in [1.807, 2.05) is 30.3 Å². The first-order chi connectivity index (χ1) is 17.3. The van der Waals surface area contributed by atoms with Gasteiger partial charge in [-0.15, -0.1) is 0 Å². The van der Waals surface area contributed by atoms with Crippen LogP contribution in [0, 0.1) is 0 Å². The van der Waals surface area contributed by atoms with Crippen molar-refractivity contribution in [2.75, 3.05) is 12.0 Å². The van der Waals surface area contributed by atoms with Crippen molar-refractivity contribution in [1.29, 1.82) is 0 Å². The Morgan fingerprint density at radius 1 is 1.00 bits per heavy atom. The third-order valence-electron chi connectivity index (χ3n) is 7.43. The van der Waals surface area contributed by atoms with Crippen molar-refractivity contribution in [3.05, 3.63) is 92.1 Å². The number of rotatable bonds is 6. The van der Waals surface area contributed by atoms with Gasteiger partial charge in [0.1, 0.15) is 17.6 Å². The fourth-order valence-electron chi connectivity index (χ4n) is 5.75. The number of benzene rings is 2. The maximum atomic E-state index is 13.5. The summed E-state index contributed by atoms with van der Waals surface area (Å²) in [4.78, 5) is 43.8. The van der Waals surface area contributed by atoms with Crippen molar-refractivity contribution in [3.63, 3.8) is 0 Å². The van der Waals surface area contributed by atoms with E-state index in [9.17, 15) is 19.5 Å². The SMILES string of the molecule is COC(=O)C(Cc1ccc(O)cc1)N1[C@@H]2CC[C@H]1c1c(n(C)c(=O)n(C)c1=O)N2Cc1ccccc1. The predicted molar refractivity (Wildman–Crippen MR) is 135 cm³/mol. The van der Waals surface area contributed by atoms with Crippen molar-refractivity contribution in [2.24, 2.45) is 14.1 Å². The smallest absolute Gasteiger partial charge is 0.332 e. The van der Waals surface area contributed by atoms with Gasteiger partial charge in [-0.1, -0.05) is 42.5 Å². The lowest BCUT2D eigenvalue weighted by atomic mass is 9.98. The standard InChI is InChI=1S/C27H30N4O5/c1-28-24-23(25(33)29(2)27(28)35)20-13-14-22(30(24)16-18-7-5-4-6-8-18)31(20)21(26(34)36-3)15-17-9-11-19(32)12-10-17/h4-12,20-22,32H,13-16H2,1-3H3/t20-,21?,22+/m0/s1. The maximum Gasteiger partial charge on any atom is 0.332 e. The van der Waals surface area contributed by atoms with Crippen LogP contribution in [0.5, 0.6) is 5.75 Å². The van der Waals surface area contributed by atoms with Gasteiger partial charge in [0.15, 0.2) is 0 Å². The van der Waals surface area contributed by atoms with Gasteiger partial charge in [-0.05, 0) is 42.5 Å². The van der Waals surface area contributed by atoms with Gasteiger partial charge >= 0.3 is 11.7 Å². The molecular formula is C27H30N4O5. The van der Waals surface area contributed by atoms with E-state index in [4.69, 9.17) is 4.74 Å². The van der Waals surface area contributed by atoms with Crippen LogP contribution in [0.2, 0.25) is 0 Å². The molecule has 1 saturated heterocycles. The Kier molecular flexibility index (Phi) is 6.17. The van der Waals surface area contributed by atoms with Gasteiger partial charge in [0.05, 0.1) is 18.8 Å². The molecule has 3 heterocycles. The predicted octanol–water partition coefficient (Wildman–Crippen LogP) is 2.06. The zero-order chi connectivity index (χ0) is 25.6. The van der Waals surface area contributed by atoms with Crippen LogP contribution in [-0.4, -0.2) is 44.4 Å². The number of phenolic OH excluding ortho intramolecular Hbond substituents is 1. The molecule has 2 aliphatic rings. The molecule has 1 N–H and O–H groups in total. The minimum atomic E-state index is -0.648. The summed E-state index contributed by atoms with van der Waals surface area (Å²) >= 11 is 0. The van der Waals surface area contributed by atoms with Crippen LogP contribution in [0.1, 0.15) is 35.6 Å². The van der Waals surface area contributed by atoms with Crippen LogP contribution in [0.3, 0.4) is 0 Å². The summed E-state index contributed by atoms with van der Waals surface area (Å²) in [6.45, 7) is 0.481. The van der Waals surface area contributed by atoms with Crippen molar-refractivity contribution < 1.29 is 14.6 Å². The molecule has 1 aromatic heterocycles. The minimum Gasteiger partial charge on any atom is -0.508 e. The van der Waals surface area contributed by atoms with E-state index in [1.54, 1.807) is 35.9 Å². The molecule has 188 valence electrons. The highest BCUT2D eigenvalue weighted by atomic mass is 16.5. The highest BCUT2D eigenvalue weighted by Crippen LogP contribution is 2.47. The van der Waals surface area contributed by atoms with Crippen LogP contribution >= 0.6 is 0 Å². The zero-order valence-corrected chi connectivity index (χ0v) is 20.6. The Balaban J connectivity index is 1.66. The molecule has 3 atom stereocenters. The second kappa shape index (κ2) is 9.31. The lowest BCUT2D eigenvalue weighted by molar-refractivity contribution is -0.148. The molecule has 0 radical (unpaired) electrons. The number of anilines is 1. The highest BCUT2D eigenvalue weighted by Gasteiger charge is 2.51. The number of carbonyl (C=O) groups is 1. The van der Waals surface area contributed by atoms with E-state index < -0.39 is 6.04 Å². The van der Waals surface area contributed by atoms with Gasteiger partial charge in [-0.3, -0.25) is 23.6 Å². The van der Waals surface area contributed by atoms with Crippen LogP contribution in [0.4, 0.5) is 5.82 Å². The summed E-state index contributed by atoms with van der Waals surface area (Å²) in [5.41, 5.74) is 1.73. The summed E-state index contributed by atoms with van der Waals surface area (Å²) in [6, 6.07) is 15.7. The third-order valence-corrected chi connectivity index (χ3v) is 7.43. The molecule has 2 aliphatic heterocycles. The van der Waals surface area contributed by atoms with Crippen LogP contribution in [-0.2, 0) is 36.6 Å². The van der Waals surface area contributed by atoms with Crippen molar-refractivity contribution in [3.8, 4) is 5.75 Å². The first-order valence-corrected chi connectivity index (χ1v) is 12.1. The number of fused-ring (bicyclic) bond motifs is 4. The van der Waals surface area contributed by atoms with Gasteiger partial charge in [0.2, 0.25) is 0 Å². The van der Waals surface area contributed by atoms with Gasteiger partial charge in [0.25, 0.3) is 5.56 Å². The number of methoxy groups -OCH3 is 1. The molecule has 1 unspecified atom stereocenters. The molecule has 1 fully saturated rings. The summed E-state index contributed by atoms with van der Waals surface area (Å²) in [5, 5.41) is 9.70. The van der Waals surface area contributed by atoms with Crippen molar-refractivity contribution in [2.45, 2.75) is 44.1 Å². The Labute approximate surface area is 208 Å². The average molecular weight is 491 g/mol. The molecule has 9 nitrogen and oxygen atoms in total. The second-order valence-electron chi connectivity index (χ2n) is 9.49. The average Bonchev–Trinajstić information content (AvgIpc) is 3.24. The van der Waals surface area contributed by atoms with E-state index in [0.29, 0.717) is 30.8 Å². The molecule has 0 spiro atoms. The fraction of sp³-hybridized carbons (Fsp3) is 0.370. The molecule has 2 aromatic carbocycles. The molecule has 0 aliphatic carbocycles. The van der Waals surface area contributed by atoms with Crippen molar-refractivity contribution in [1.82, 2.24) is 14.0 Å². The number of hydrogen-bond acceptors (Lipinski definition) is 7. The number of phenols is 1. The monoisotopic (exact) mass is 490 g/mol. The van der Waals surface area contributed by atoms with Gasteiger partial charge in [0, 0.05) is 26.7 Å². The minimum absolute atomic E-state index is 0.152. The fourth-order valence-corrected chi connectivity index (χ4v) is 5.75. The number of carbonyl (C=O) groups excluding carboxylic acids is 1. The van der Waals surface area contributed by atoms with Crippen molar-refractivity contribution >= 4 is 11.8 Å². The van der Waals surface area contributed by atoms with E-state index >= 15 is 0 Å². The Bertz CT molecular complexity index is 1400. The summed E-state index contributed by atoms with van der Waals surface area (Å²) in [6.07, 6.45) is 1.56. The molecule has 9 heteroatoms. The maximum absolute atomic E-state index is 13.5. The number of esters is 1. The third kappa shape index (κ3) is 3.89. The van der Waals surface area contributed by atoms with Gasteiger partial charge in [-0.2, -0.15) is 0 Å². The molecule has 0 amide bonds. The molecule has 36 heavy (non-hydrogen) atoms. The van der Waals surface area contributed by atoms with E-state index in [1.165, 1.54) is 14.2 Å². The topological polar surface area (TPSA) is 97.0 Å². The number of ether oxygens (including phenoxy) is 1. The number of aromatic nitrogens is 2. The normalized spacial score (nSPS) is 19.7. The van der Waals surface area contributed by atoms with Gasteiger partial charge in [-0.25, -0.2) is 4.79 Å². The van der Waals surface area contributed by atoms with Crippen LogP contribution < -0.4 is 16.1 Å². The molecule has 2 bridgehead atoms. The largest absolute Gasteiger partial charge is 0.508 e. The Hall–Kier alpha value is -3.85. The van der Waals surface area contributed by atoms with E-state index in [2.05, 4.69) is 9.80 Å². The lowest BCUT2D eigenvalue weighted by Gasteiger charge is -2.47. The number of hydrogen-bond donors (Lipinski definition) is 1. The molecule has 3 aromatic rings. The number of aromatic hydroxyl groups is 1. The highest BCUT2D eigenvalue weighted by molar-refractivity contribution is 5.77.